The zero-order valence-corrected chi connectivity index (χ0v) is 19.6. The van der Waals surface area contributed by atoms with Crippen molar-refractivity contribution in [3.05, 3.63) is 42.1 Å². The first-order valence-electron chi connectivity index (χ1n) is 10.5. The summed E-state index contributed by atoms with van der Waals surface area (Å²) < 4.78 is 37.1. The van der Waals surface area contributed by atoms with Crippen molar-refractivity contribution in [3.8, 4) is 6.07 Å². The Morgan fingerprint density at radius 2 is 1.94 bits per heavy atom. The van der Waals surface area contributed by atoms with Crippen molar-refractivity contribution in [2.24, 2.45) is 5.41 Å². The lowest BCUT2D eigenvalue weighted by molar-refractivity contribution is -0.150. The van der Waals surface area contributed by atoms with Gasteiger partial charge in [0.1, 0.15) is 18.1 Å². The predicted octanol–water partition coefficient (Wildman–Crippen LogP) is 4.64. The number of alkyl halides is 3. The summed E-state index contributed by atoms with van der Waals surface area (Å²) in [5.74, 6) is 0.635. The highest BCUT2D eigenvalue weighted by atomic mass is 32.2. The Morgan fingerprint density at radius 1 is 1.23 bits per heavy atom. The third kappa shape index (κ3) is 6.42. The molecule has 0 radical (unpaired) electrons. The molecule has 3 aromatic rings. The molecule has 0 bridgehead atoms. The van der Waals surface area contributed by atoms with Gasteiger partial charge in [0, 0.05) is 41.5 Å². The van der Waals surface area contributed by atoms with Gasteiger partial charge in [0.15, 0.2) is 11.0 Å². The third-order valence-corrected chi connectivity index (χ3v) is 5.91. The van der Waals surface area contributed by atoms with Crippen molar-refractivity contribution in [2.45, 2.75) is 36.5 Å². The summed E-state index contributed by atoms with van der Waals surface area (Å²) in [4.78, 5) is 23.4. The first-order chi connectivity index (χ1) is 16.5. The summed E-state index contributed by atoms with van der Waals surface area (Å²) in [5, 5.41) is 22.1. The fourth-order valence-corrected chi connectivity index (χ4v) is 4.19. The molecule has 9 nitrogen and oxygen atoms in total. The molecular formula is C22H21F3N8OS. The molecule has 0 atom stereocenters. The standard InChI is InChI=1S/C22H21F3N8OS/c1-13-7-17(32-31-13)28-16-8-18(33-11-21(2,10-26)12-33)30-20(29-16)35-15-5-3-14(4-6-15)27-19(34)9-22(23,24)25/h3-8H,9,11-12H2,1-2H3,(H,27,34)(H2,28,29,30,31,32). The van der Waals surface area contributed by atoms with Crippen LogP contribution in [0, 0.1) is 23.7 Å². The van der Waals surface area contributed by atoms with E-state index >= 15 is 0 Å². The molecule has 13 heteroatoms. The van der Waals surface area contributed by atoms with Gasteiger partial charge in [0.25, 0.3) is 0 Å². The van der Waals surface area contributed by atoms with E-state index in [2.05, 4.69) is 36.9 Å². The van der Waals surface area contributed by atoms with E-state index in [1.165, 1.54) is 23.9 Å². The van der Waals surface area contributed by atoms with Gasteiger partial charge in [-0.3, -0.25) is 9.89 Å². The second kappa shape index (κ2) is 9.46. The molecule has 0 spiro atoms. The Bertz CT molecular complexity index is 1260. The summed E-state index contributed by atoms with van der Waals surface area (Å²) >= 11 is 1.25. The molecule has 1 aromatic carbocycles. The maximum absolute atomic E-state index is 12.4. The van der Waals surface area contributed by atoms with Gasteiger partial charge in [-0.05, 0) is 49.9 Å². The monoisotopic (exact) mass is 502 g/mol. The van der Waals surface area contributed by atoms with Gasteiger partial charge in [-0.15, -0.1) is 0 Å². The van der Waals surface area contributed by atoms with Crippen LogP contribution in [0.5, 0.6) is 0 Å². The Hall–Kier alpha value is -3.79. The Balaban J connectivity index is 1.51. The molecule has 1 saturated heterocycles. The number of nitrogens with zero attached hydrogens (tertiary/aromatic N) is 5. The van der Waals surface area contributed by atoms with Crippen molar-refractivity contribution < 1.29 is 18.0 Å². The number of benzene rings is 1. The number of carbonyl (C=O) groups excluding carboxylic acids is 1. The third-order valence-electron chi connectivity index (χ3n) is 5.04. The van der Waals surface area contributed by atoms with Gasteiger partial charge in [0.2, 0.25) is 5.91 Å². The average molecular weight is 503 g/mol. The lowest BCUT2D eigenvalue weighted by Crippen LogP contribution is -2.54. The summed E-state index contributed by atoms with van der Waals surface area (Å²) in [6, 6.07) is 12.3. The molecule has 0 unspecified atom stereocenters. The van der Waals surface area contributed by atoms with Crippen LogP contribution < -0.4 is 15.5 Å². The highest BCUT2D eigenvalue weighted by molar-refractivity contribution is 7.99. The Morgan fingerprint density at radius 3 is 2.54 bits per heavy atom. The van der Waals surface area contributed by atoms with E-state index in [1.807, 2.05) is 24.8 Å². The zero-order valence-electron chi connectivity index (χ0n) is 18.8. The van der Waals surface area contributed by atoms with Crippen LogP contribution in [0.15, 0.2) is 46.5 Å². The lowest BCUT2D eigenvalue weighted by atomic mass is 9.84. The first-order valence-corrected chi connectivity index (χ1v) is 11.3. The van der Waals surface area contributed by atoms with E-state index in [4.69, 9.17) is 0 Å². The minimum absolute atomic E-state index is 0.255. The van der Waals surface area contributed by atoms with Crippen molar-refractivity contribution in [1.82, 2.24) is 20.2 Å². The topological polar surface area (TPSA) is 123 Å². The van der Waals surface area contributed by atoms with Gasteiger partial charge in [-0.1, -0.05) is 0 Å². The zero-order chi connectivity index (χ0) is 25.2. The number of amides is 1. The van der Waals surface area contributed by atoms with Crippen molar-refractivity contribution >= 4 is 40.8 Å². The van der Waals surface area contributed by atoms with Gasteiger partial charge >= 0.3 is 6.18 Å². The van der Waals surface area contributed by atoms with Gasteiger partial charge < -0.3 is 15.5 Å². The molecular weight excluding hydrogens is 481 g/mol. The Kier molecular flexibility index (Phi) is 6.58. The lowest BCUT2D eigenvalue weighted by Gasteiger charge is -2.44. The number of aromatic nitrogens is 4. The highest BCUT2D eigenvalue weighted by Gasteiger charge is 2.40. The molecule has 0 saturated carbocycles. The molecule has 0 aliphatic carbocycles. The fraction of sp³-hybridized carbons (Fsp3) is 0.318. The number of anilines is 4. The molecule has 3 N–H and O–H groups in total. The number of nitriles is 1. The molecule has 1 aliphatic rings. The molecule has 35 heavy (non-hydrogen) atoms. The minimum atomic E-state index is -4.57. The normalized spacial score (nSPS) is 14.7. The summed E-state index contributed by atoms with van der Waals surface area (Å²) in [7, 11) is 0. The van der Waals surface area contributed by atoms with E-state index in [1.54, 1.807) is 18.2 Å². The fourth-order valence-electron chi connectivity index (χ4n) is 3.43. The molecule has 3 heterocycles. The quantitative estimate of drug-likeness (QED) is 0.399. The molecule has 182 valence electrons. The van der Waals surface area contributed by atoms with Gasteiger partial charge in [0.05, 0.1) is 11.5 Å². The smallest absolute Gasteiger partial charge is 0.353 e. The van der Waals surface area contributed by atoms with E-state index in [0.717, 1.165) is 10.6 Å². The summed E-state index contributed by atoms with van der Waals surface area (Å²) in [6.45, 7) is 4.85. The van der Waals surface area contributed by atoms with Crippen LogP contribution in [0.2, 0.25) is 0 Å². The van der Waals surface area contributed by atoms with E-state index < -0.39 is 23.9 Å². The maximum atomic E-state index is 12.4. The van der Waals surface area contributed by atoms with Crippen LogP contribution in [0.1, 0.15) is 19.0 Å². The van der Waals surface area contributed by atoms with E-state index in [0.29, 0.717) is 35.7 Å². The maximum Gasteiger partial charge on any atom is 0.397 e. The number of rotatable bonds is 7. The first kappa shape index (κ1) is 24.3. The number of H-pyrrole nitrogens is 1. The molecule has 4 rings (SSSR count). The molecule has 1 fully saturated rings. The predicted molar refractivity (Wildman–Crippen MR) is 124 cm³/mol. The number of hydrogen-bond donors (Lipinski definition) is 3. The number of aromatic amines is 1. The number of aryl methyl sites for hydroxylation is 1. The van der Waals surface area contributed by atoms with Crippen LogP contribution >= 0.6 is 11.8 Å². The number of halogens is 3. The second-order valence-electron chi connectivity index (χ2n) is 8.45. The number of carbonyl (C=O) groups is 1. The van der Waals surface area contributed by atoms with Gasteiger partial charge in [-0.2, -0.15) is 23.5 Å². The number of hydrogen-bond acceptors (Lipinski definition) is 8. The summed E-state index contributed by atoms with van der Waals surface area (Å²) in [6.07, 6.45) is -6.11. The second-order valence-corrected chi connectivity index (χ2v) is 9.49. The van der Waals surface area contributed by atoms with Crippen LogP contribution in [0.25, 0.3) is 0 Å². The molecule has 1 aliphatic heterocycles. The Labute approximate surface area is 203 Å². The molecule has 2 aromatic heterocycles. The number of nitrogens with one attached hydrogen (secondary N) is 3. The largest absolute Gasteiger partial charge is 0.397 e. The average Bonchev–Trinajstić information content (AvgIpc) is 3.15. The van der Waals surface area contributed by atoms with Gasteiger partial charge in [-0.25, -0.2) is 9.97 Å². The van der Waals surface area contributed by atoms with Crippen LogP contribution in [0.3, 0.4) is 0 Å². The van der Waals surface area contributed by atoms with E-state index in [9.17, 15) is 23.2 Å². The van der Waals surface area contributed by atoms with Crippen LogP contribution in [0.4, 0.5) is 36.3 Å². The summed E-state index contributed by atoms with van der Waals surface area (Å²) in [5.41, 5.74) is 0.703. The highest BCUT2D eigenvalue weighted by Crippen LogP contribution is 2.35. The van der Waals surface area contributed by atoms with Crippen LogP contribution in [-0.4, -0.2) is 45.3 Å². The minimum Gasteiger partial charge on any atom is -0.353 e. The van der Waals surface area contributed by atoms with Crippen molar-refractivity contribution in [1.29, 1.82) is 5.26 Å². The van der Waals surface area contributed by atoms with E-state index in [-0.39, 0.29) is 5.69 Å². The SMILES string of the molecule is Cc1cc(Nc2cc(N3CC(C)(C#N)C3)nc(Sc3ccc(NC(=O)CC(F)(F)F)cc3)n2)n[nH]1. The van der Waals surface area contributed by atoms with Crippen LogP contribution in [-0.2, 0) is 4.79 Å². The van der Waals surface area contributed by atoms with Crippen molar-refractivity contribution in [3.63, 3.8) is 0 Å². The molecule has 1 amide bonds. The van der Waals surface area contributed by atoms with Crippen molar-refractivity contribution in [2.75, 3.05) is 28.6 Å².